The number of hydrogen-bond acceptors (Lipinski definition) is 3. The summed E-state index contributed by atoms with van der Waals surface area (Å²) in [6, 6.07) is 0. The van der Waals surface area contributed by atoms with Crippen molar-refractivity contribution in [1.29, 1.82) is 0 Å². The summed E-state index contributed by atoms with van der Waals surface area (Å²) >= 11 is 1.90. The Bertz CT molecular complexity index is 399. The predicted octanol–water partition coefficient (Wildman–Crippen LogP) is 3.55. The average molecular weight is 252 g/mol. The van der Waals surface area contributed by atoms with Crippen molar-refractivity contribution in [2.24, 2.45) is 5.41 Å². The second-order valence-electron chi connectivity index (χ2n) is 6.92. The number of nitrogens with zero attached hydrogens (tertiary/aromatic N) is 1. The highest BCUT2D eigenvalue weighted by atomic mass is 32.1. The maximum atomic E-state index is 4.78. The van der Waals surface area contributed by atoms with E-state index < -0.39 is 0 Å². The fraction of sp³-hybridized carbons (Fsp3) is 0.786. The molecule has 0 radical (unpaired) electrons. The van der Waals surface area contributed by atoms with Crippen LogP contribution in [0.3, 0.4) is 0 Å². The van der Waals surface area contributed by atoms with Crippen LogP contribution in [0.2, 0.25) is 0 Å². The minimum Gasteiger partial charge on any atom is -0.306 e. The van der Waals surface area contributed by atoms with Crippen LogP contribution in [0, 0.1) is 5.41 Å². The van der Waals surface area contributed by atoms with Crippen LogP contribution < -0.4 is 5.32 Å². The molecule has 17 heavy (non-hydrogen) atoms. The van der Waals surface area contributed by atoms with Crippen molar-refractivity contribution in [2.75, 3.05) is 0 Å². The van der Waals surface area contributed by atoms with Crippen molar-refractivity contribution in [2.45, 2.75) is 66.0 Å². The molecule has 96 valence electrons. The lowest BCUT2D eigenvalue weighted by molar-refractivity contribution is 0.316. The summed E-state index contributed by atoms with van der Waals surface area (Å²) in [5.74, 6) is 0. The van der Waals surface area contributed by atoms with Crippen LogP contribution in [0.25, 0.3) is 0 Å². The van der Waals surface area contributed by atoms with Crippen molar-refractivity contribution in [1.82, 2.24) is 10.3 Å². The Morgan fingerprint density at radius 2 is 2.06 bits per heavy atom. The minimum absolute atomic E-state index is 0.172. The number of aromatic nitrogens is 1. The summed E-state index contributed by atoms with van der Waals surface area (Å²) in [6.45, 7) is 12.2. The number of hydrogen-bond donors (Lipinski definition) is 1. The first-order chi connectivity index (χ1) is 7.75. The van der Waals surface area contributed by atoms with Gasteiger partial charge < -0.3 is 5.32 Å². The highest BCUT2D eigenvalue weighted by Crippen LogP contribution is 2.37. The molecule has 1 N–H and O–H groups in total. The summed E-state index contributed by atoms with van der Waals surface area (Å²) in [6.07, 6.45) is 3.64. The van der Waals surface area contributed by atoms with E-state index in [1.54, 1.807) is 0 Å². The summed E-state index contributed by atoms with van der Waals surface area (Å²) < 4.78 is 0. The number of nitrogens with one attached hydrogen (secondary N) is 1. The second-order valence-corrected chi connectivity index (χ2v) is 8.09. The Balaban J connectivity index is 2.06. The molecular weight excluding hydrogens is 228 g/mol. The SMILES string of the molecule is CC1(C)CCc2nc(CNC(C)(C)C)sc2C1. The fourth-order valence-electron chi connectivity index (χ4n) is 2.17. The van der Waals surface area contributed by atoms with Crippen LogP contribution in [0.1, 0.15) is 56.6 Å². The van der Waals surface area contributed by atoms with Crippen molar-refractivity contribution in [3.05, 3.63) is 15.6 Å². The van der Waals surface area contributed by atoms with E-state index in [1.807, 2.05) is 11.3 Å². The Hall–Kier alpha value is -0.410. The van der Waals surface area contributed by atoms with Crippen molar-refractivity contribution in [3.63, 3.8) is 0 Å². The van der Waals surface area contributed by atoms with Gasteiger partial charge in [-0.2, -0.15) is 0 Å². The zero-order valence-electron chi connectivity index (χ0n) is 11.7. The highest BCUT2D eigenvalue weighted by molar-refractivity contribution is 7.11. The van der Waals surface area contributed by atoms with Gasteiger partial charge in [0.15, 0.2) is 0 Å². The van der Waals surface area contributed by atoms with E-state index >= 15 is 0 Å². The van der Waals surface area contributed by atoms with Crippen LogP contribution in [-0.4, -0.2) is 10.5 Å². The normalized spacial score (nSPS) is 19.1. The topological polar surface area (TPSA) is 24.9 Å². The zero-order valence-corrected chi connectivity index (χ0v) is 12.5. The minimum atomic E-state index is 0.172. The van der Waals surface area contributed by atoms with Gasteiger partial charge in [-0.05, 0) is 45.4 Å². The largest absolute Gasteiger partial charge is 0.306 e. The molecule has 2 nitrogen and oxygen atoms in total. The zero-order chi connectivity index (χ0) is 12.7. The molecule has 3 heteroatoms. The predicted molar refractivity (Wildman–Crippen MR) is 74.5 cm³/mol. The lowest BCUT2D eigenvalue weighted by Crippen LogP contribution is -2.35. The molecule has 0 saturated heterocycles. The van der Waals surface area contributed by atoms with Crippen LogP contribution >= 0.6 is 11.3 Å². The lowest BCUT2D eigenvalue weighted by Gasteiger charge is -2.28. The molecule has 1 aliphatic carbocycles. The molecule has 0 bridgehead atoms. The first-order valence-corrected chi connectivity index (χ1v) is 7.29. The Labute approximate surface area is 109 Å². The molecule has 1 heterocycles. The third kappa shape index (κ3) is 3.52. The van der Waals surface area contributed by atoms with Crippen molar-refractivity contribution in [3.8, 4) is 0 Å². The van der Waals surface area contributed by atoms with Gasteiger partial charge in [-0.15, -0.1) is 11.3 Å². The molecule has 1 aliphatic rings. The van der Waals surface area contributed by atoms with Crippen LogP contribution in [-0.2, 0) is 19.4 Å². The van der Waals surface area contributed by atoms with E-state index in [2.05, 4.69) is 39.9 Å². The van der Waals surface area contributed by atoms with Crippen LogP contribution in [0.5, 0.6) is 0 Å². The first-order valence-electron chi connectivity index (χ1n) is 6.48. The number of aryl methyl sites for hydroxylation is 1. The molecular formula is C14H24N2S. The van der Waals surface area contributed by atoms with Gasteiger partial charge in [0.1, 0.15) is 5.01 Å². The van der Waals surface area contributed by atoms with E-state index in [0.29, 0.717) is 5.41 Å². The van der Waals surface area contributed by atoms with E-state index in [9.17, 15) is 0 Å². The van der Waals surface area contributed by atoms with E-state index in [1.165, 1.54) is 28.4 Å². The van der Waals surface area contributed by atoms with Gasteiger partial charge in [0.2, 0.25) is 0 Å². The van der Waals surface area contributed by atoms with E-state index in [-0.39, 0.29) is 5.54 Å². The molecule has 1 aromatic heterocycles. The highest BCUT2D eigenvalue weighted by Gasteiger charge is 2.28. The van der Waals surface area contributed by atoms with Gasteiger partial charge in [0.05, 0.1) is 5.69 Å². The van der Waals surface area contributed by atoms with Gasteiger partial charge in [-0.1, -0.05) is 13.8 Å². The van der Waals surface area contributed by atoms with Crippen molar-refractivity contribution < 1.29 is 0 Å². The maximum Gasteiger partial charge on any atom is 0.107 e. The molecule has 0 amide bonds. The number of thiazole rings is 1. The van der Waals surface area contributed by atoms with Gasteiger partial charge in [-0.25, -0.2) is 4.98 Å². The van der Waals surface area contributed by atoms with Gasteiger partial charge in [0.25, 0.3) is 0 Å². The van der Waals surface area contributed by atoms with Gasteiger partial charge in [-0.3, -0.25) is 0 Å². The summed E-state index contributed by atoms with van der Waals surface area (Å²) in [7, 11) is 0. The maximum absolute atomic E-state index is 4.78. The third-order valence-corrected chi connectivity index (χ3v) is 4.37. The average Bonchev–Trinajstić information content (AvgIpc) is 2.54. The Kier molecular flexibility index (Phi) is 3.34. The molecule has 0 saturated carbocycles. The molecule has 0 fully saturated rings. The lowest BCUT2D eigenvalue weighted by atomic mass is 9.79. The second kappa shape index (κ2) is 4.36. The molecule has 0 spiro atoms. The quantitative estimate of drug-likeness (QED) is 0.870. The summed E-state index contributed by atoms with van der Waals surface area (Å²) in [5.41, 5.74) is 2.00. The summed E-state index contributed by atoms with van der Waals surface area (Å²) in [4.78, 5) is 6.30. The number of fused-ring (bicyclic) bond motifs is 1. The van der Waals surface area contributed by atoms with Gasteiger partial charge in [0, 0.05) is 17.0 Å². The monoisotopic (exact) mass is 252 g/mol. The third-order valence-electron chi connectivity index (χ3n) is 3.27. The fourth-order valence-corrected chi connectivity index (χ4v) is 3.48. The molecule has 0 aliphatic heterocycles. The van der Waals surface area contributed by atoms with Crippen LogP contribution in [0.15, 0.2) is 0 Å². The standard InChI is InChI=1S/C14H24N2S/c1-13(2,3)15-9-12-16-10-6-7-14(4,5)8-11(10)17-12/h15H,6-9H2,1-5H3. The molecule has 2 rings (SSSR count). The van der Waals surface area contributed by atoms with E-state index in [0.717, 1.165) is 13.0 Å². The smallest absolute Gasteiger partial charge is 0.107 e. The Morgan fingerprint density at radius 3 is 2.71 bits per heavy atom. The summed E-state index contributed by atoms with van der Waals surface area (Å²) in [5, 5.41) is 4.77. The Morgan fingerprint density at radius 1 is 1.35 bits per heavy atom. The van der Waals surface area contributed by atoms with Crippen LogP contribution in [0.4, 0.5) is 0 Å². The molecule has 1 aromatic rings. The molecule has 0 aromatic carbocycles. The van der Waals surface area contributed by atoms with Crippen molar-refractivity contribution >= 4 is 11.3 Å². The number of rotatable bonds is 2. The molecule has 0 unspecified atom stereocenters. The molecule has 0 atom stereocenters. The first kappa shape index (κ1) is 13.0. The van der Waals surface area contributed by atoms with Gasteiger partial charge >= 0.3 is 0 Å². The van der Waals surface area contributed by atoms with E-state index in [4.69, 9.17) is 4.98 Å².